The number of rotatable bonds is 6. The molecule has 0 saturated heterocycles. The third-order valence-corrected chi connectivity index (χ3v) is 3.58. The number of halogens is 1. The highest BCUT2D eigenvalue weighted by molar-refractivity contribution is 5.61. The van der Waals surface area contributed by atoms with E-state index in [4.69, 9.17) is 4.74 Å². The molecule has 0 fully saturated rings. The Labute approximate surface area is 128 Å². The Hall–Kier alpha value is -2.28. The number of tetrazole rings is 1. The first-order chi connectivity index (χ1) is 10.8. The van der Waals surface area contributed by atoms with E-state index < -0.39 is 0 Å². The summed E-state index contributed by atoms with van der Waals surface area (Å²) >= 11 is 0. The van der Waals surface area contributed by atoms with Crippen LogP contribution in [0.25, 0.3) is 5.57 Å². The zero-order valence-electron chi connectivity index (χ0n) is 12.2. The average Bonchev–Trinajstić information content (AvgIpc) is 3.08. The number of nitrogens with one attached hydrogen (secondary N) is 1. The van der Waals surface area contributed by atoms with Crippen LogP contribution in [-0.4, -0.2) is 51.8 Å². The zero-order chi connectivity index (χ0) is 15.2. The Balaban J connectivity index is 1.43. The summed E-state index contributed by atoms with van der Waals surface area (Å²) in [6, 6.07) is 6.47. The number of H-pyrrole nitrogens is 1. The van der Waals surface area contributed by atoms with Crippen LogP contribution in [0, 0.1) is 5.82 Å². The van der Waals surface area contributed by atoms with E-state index in [1.165, 1.54) is 6.07 Å². The predicted molar refractivity (Wildman–Crippen MR) is 79.7 cm³/mol. The van der Waals surface area contributed by atoms with Crippen molar-refractivity contribution in [2.75, 3.05) is 26.2 Å². The van der Waals surface area contributed by atoms with Gasteiger partial charge in [0.1, 0.15) is 0 Å². The van der Waals surface area contributed by atoms with Crippen LogP contribution in [0.2, 0.25) is 0 Å². The van der Waals surface area contributed by atoms with Crippen LogP contribution >= 0.6 is 0 Å². The molecule has 22 heavy (non-hydrogen) atoms. The first-order valence-electron chi connectivity index (χ1n) is 7.35. The van der Waals surface area contributed by atoms with Gasteiger partial charge in [0, 0.05) is 25.2 Å². The quantitative estimate of drug-likeness (QED) is 0.826. The number of para-hydroxylation sites is 1. The van der Waals surface area contributed by atoms with Crippen LogP contribution in [0.5, 0.6) is 5.75 Å². The van der Waals surface area contributed by atoms with Crippen molar-refractivity contribution in [1.82, 2.24) is 25.5 Å². The minimum Gasteiger partial charge on any atom is -0.490 e. The molecule has 2 heterocycles. The van der Waals surface area contributed by atoms with E-state index in [0.29, 0.717) is 18.2 Å². The third kappa shape index (κ3) is 3.67. The Kier molecular flexibility index (Phi) is 4.75. The van der Waals surface area contributed by atoms with Crippen LogP contribution in [0.4, 0.5) is 4.39 Å². The molecule has 3 rings (SSSR count). The van der Waals surface area contributed by atoms with E-state index in [1.54, 1.807) is 18.2 Å². The van der Waals surface area contributed by atoms with E-state index in [0.717, 1.165) is 38.0 Å². The SMILES string of the molecule is Fc1ccccc1OCCCN1CCC=C(c2nn[nH]n2)C1. The van der Waals surface area contributed by atoms with Crippen LogP contribution in [0.1, 0.15) is 18.7 Å². The molecule has 0 aliphatic carbocycles. The maximum Gasteiger partial charge on any atom is 0.201 e. The molecule has 0 spiro atoms. The molecular formula is C15H18FN5O. The lowest BCUT2D eigenvalue weighted by molar-refractivity contribution is 0.244. The van der Waals surface area contributed by atoms with Crippen LogP contribution in [-0.2, 0) is 0 Å². The summed E-state index contributed by atoms with van der Waals surface area (Å²) < 4.78 is 18.9. The topological polar surface area (TPSA) is 66.9 Å². The van der Waals surface area contributed by atoms with Crippen molar-refractivity contribution in [1.29, 1.82) is 0 Å². The Morgan fingerprint density at radius 2 is 2.23 bits per heavy atom. The fourth-order valence-corrected chi connectivity index (χ4v) is 2.49. The number of benzene rings is 1. The van der Waals surface area contributed by atoms with Crippen molar-refractivity contribution in [3.8, 4) is 5.75 Å². The van der Waals surface area contributed by atoms with E-state index in [9.17, 15) is 4.39 Å². The van der Waals surface area contributed by atoms with E-state index in [-0.39, 0.29) is 5.82 Å². The molecule has 6 nitrogen and oxygen atoms in total. The summed E-state index contributed by atoms with van der Waals surface area (Å²) in [6.45, 7) is 3.20. The highest BCUT2D eigenvalue weighted by Crippen LogP contribution is 2.18. The van der Waals surface area contributed by atoms with E-state index in [1.807, 2.05) is 0 Å². The third-order valence-electron chi connectivity index (χ3n) is 3.58. The molecule has 0 unspecified atom stereocenters. The molecule has 0 atom stereocenters. The fourth-order valence-electron chi connectivity index (χ4n) is 2.49. The van der Waals surface area contributed by atoms with Crippen LogP contribution in [0.3, 0.4) is 0 Å². The maximum atomic E-state index is 13.4. The highest BCUT2D eigenvalue weighted by atomic mass is 19.1. The minimum absolute atomic E-state index is 0.313. The van der Waals surface area contributed by atoms with Gasteiger partial charge in [-0.2, -0.15) is 5.21 Å². The molecule has 116 valence electrons. The fraction of sp³-hybridized carbons (Fsp3) is 0.400. The van der Waals surface area contributed by atoms with Gasteiger partial charge in [-0.3, -0.25) is 4.90 Å². The molecule has 0 radical (unpaired) electrons. The second-order valence-electron chi connectivity index (χ2n) is 5.16. The van der Waals surface area contributed by atoms with Crippen molar-refractivity contribution in [2.24, 2.45) is 0 Å². The van der Waals surface area contributed by atoms with Gasteiger partial charge in [0.25, 0.3) is 0 Å². The van der Waals surface area contributed by atoms with Crippen molar-refractivity contribution in [3.63, 3.8) is 0 Å². The lowest BCUT2D eigenvalue weighted by Crippen LogP contribution is -2.31. The van der Waals surface area contributed by atoms with Crippen LogP contribution < -0.4 is 4.74 Å². The Bertz CT molecular complexity index is 629. The molecule has 1 aliphatic rings. The van der Waals surface area contributed by atoms with Crippen molar-refractivity contribution >= 4 is 5.57 Å². The van der Waals surface area contributed by atoms with Crippen molar-refractivity contribution < 1.29 is 9.13 Å². The highest BCUT2D eigenvalue weighted by Gasteiger charge is 2.16. The lowest BCUT2D eigenvalue weighted by atomic mass is 10.1. The smallest absolute Gasteiger partial charge is 0.201 e. The van der Waals surface area contributed by atoms with Crippen molar-refractivity contribution in [3.05, 3.63) is 42.0 Å². The standard InChI is InChI=1S/C15H18FN5O/c16-13-6-1-2-7-14(13)22-10-4-9-21-8-3-5-12(11-21)15-17-19-20-18-15/h1-2,5-7H,3-4,8-11H2,(H,17,18,19,20). The molecule has 0 amide bonds. The van der Waals surface area contributed by atoms with Gasteiger partial charge in [-0.1, -0.05) is 18.2 Å². The van der Waals surface area contributed by atoms with E-state index >= 15 is 0 Å². The number of aromatic amines is 1. The number of aromatic nitrogens is 4. The second kappa shape index (κ2) is 7.13. The first-order valence-corrected chi connectivity index (χ1v) is 7.35. The molecule has 1 aromatic carbocycles. The van der Waals surface area contributed by atoms with Gasteiger partial charge in [0.05, 0.1) is 6.61 Å². The lowest BCUT2D eigenvalue weighted by Gasteiger charge is -2.25. The van der Waals surface area contributed by atoms with Gasteiger partial charge in [-0.25, -0.2) is 4.39 Å². The maximum absolute atomic E-state index is 13.4. The number of nitrogens with zero attached hydrogens (tertiary/aromatic N) is 4. The van der Waals surface area contributed by atoms with Gasteiger partial charge in [-0.05, 0) is 30.2 Å². The van der Waals surface area contributed by atoms with E-state index in [2.05, 4.69) is 31.6 Å². The minimum atomic E-state index is -0.317. The summed E-state index contributed by atoms with van der Waals surface area (Å²) in [4.78, 5) is 2.32. The van der Waals surface area contributed by atoms with Gasteiger partial charge >= 0.3 is 0 Å². The monoisotopic (exact) mass is 303 g/mol. The number of hydrogen-bond donors (Lipinski definition) is 1. The molecule has 0 saturated carbocycles. The Morgan fingerprint density at radius 3 is 3.05 bits per heavy atom. The molecular weight excluding hydrogens is 285 g/mol. The molecule has 0 bridgehead atoms. The summed E-state index contributed by atoms with van der Waals surface area (Å²) in [5, 5.41) is 14.1. The normalized spacial score (nSPS) is 15.6. The molecule has 2 aromatic rings. The number of hydrogen-bond acceptors (Lipinski definition) is 5. The Morgan fingerprint density at radius 1 is 1.32 bits per heavy atom. The zero-order valence-corrected chi connectivity index (χ0v) is 12.2. The van der Waals surface area contributed by atoms with Crippen LogP contribution in [0.15, 0.2) is 30.3 Å². The van der Waals surface area contributed by atoms with Gasteiger partial charge < -0.3 is 4.74 Å². The predicted octanol–water partition coefficient (Wildman–Crippen LogP) is 1.90. The summed E-state index contributed by atoms with van der Waals surface area (Å²) in [6.07, 6.45) is 3.96. The largest absolute Gasteiger partial charge is 0.490 e. The average molecular weight is 303 g/mol. The first kappa shape index (κ1) is 14.6. The van der Waals surface area contributed by atoms with Gasteiger partial charge in [0.2, 0.25) is 5.82 Å². The molecule has 1 N–H and O–H groups in total. The summed E-state index contributed by atoms with van der Waals surface area (Å²) in [5.74, 6) is 0.656. The van der Waals surface area contributed by atoms with Gasteiger partial charge in [-0.15, -0.1) is 10.2 Å². The number of ether oxygens (including phenoxy) is 1. The molecule has 7 heteroatoms. The summed E-state index contributed by atoms with van der Waals surface area (Å²) in [5.41, 5.74) is 1.09. The van der Waals surface area contributed by atoms with Gasteiger partial charge in [0.15, 0.2) is 11.6 Å². The molecule has 1 aliphatic heterocycles. The summed E-state index contributed by atoms with van der Waals surface area (Å²) in [7, 11) is 0. The van der Waals surface area contributed by atoms with Crippen molar-refractivity contribution in [2.45, 2.75) is 12.8 Å². The second-order valence-corrected chi connectivity index (χ2v) is 5.16. The molecule has 1 aromatic heterocycles.